The van der Waals surface area contributed by atoms with Gasteiger partial charge in [0.15, 0.2) is 4.99 Å². The van der Waals surface area contributed by atoms with Gasteiger partial charge in [-0.25, -0.2) is 0 Å². The van der Waals surface area contributed by atoms with Gasteiger partial charge in [-0.15, -0.1) is 0 Å². The number of rotatable bonds is 9. The summed E-state index contributed by atoms with van der Waals surface area (Å²) in [5, 5.41) is 0. The number of hydrogen-bond acceptors (Lipinski definition) is 3. The van der Waals surface area contributed by atoms with Crippen LogP contribution in [0.4, 0.5) is 0 Å². The van der Waals surface area contributed by atoms with E-state index in [2.05, 4.69) is 24.3 Å². The molecular weight excluding hydrogens is 469 g/mol. The second kappa shape index (κ2) is 17.4. The third kappa shape index (κ3) is 16.2. The van der Waals surface area contributed by atoms with Crippen LogP contribution in [-0.4, -0.2) is 182 Å². The molecule has 0 aliphatic carbocycles. The van der Waals surface area contributed by atoms with E-state index in [1.807, 2.05) is 19.9 Å². The zero-order valence-corrected chi connectivity index (χ0v) is 15.6. The van der Waals surface area contributed by atoms with Gasteiger partial charge in [-0.3, -0.25) is 9.12 Å². The second-order valence-corrected chi connectivity index (χ2v) is 9.78. The van der Waals surface area contributed by atoms with Crippen LogP contribution < -0.4 is 0 Å². The van der Waals surface area contributed by atoms with Crippen molar-refractivity contribution in [3.63, 3.8) is 0 Å². The Balaban J connectivity index is -0.00000192. The molecule has 0 saturated heterocycles. The Kier molecular flexibility index (Phi) is 22.9. The Morgan fingerprint density at radius 3 is 2.11 bits per heavy atom. The number of aryl methyl sites for hydroxylation is 2. The predicted molar refractivity (Wildman–Crippen MR) is 116 cm³/mol. The SMILES string of the molecule is C/C(=C\CCCC(P(=O)(O)O)S(=O)(=O)O)CCc1ccc(C)cc1.[KH].[KH].[KH]. The summed E-state index contributed by atoms with van der Waals surface area (Å²) >= 11 is 0. The van der Waals surface area contributed by atoms with Gasteiger partial charge in [0.05, 0.1) is 0 Å². The van der Waals surface area contributed by atoms with Crippen molar-refractivity contribution in [2.45, 2.75) is 50.9 Å². The van der Waals surface area contributed by atoms with Gasteiger partial charge in [-0.05, 0) is 51.5 Å². The molecule has 0 heterocycles. The van der Waals surface area contributed by atoms with Gasteiger partial charge in [-0.1, -0.05) is 41.5 Å². The van der Waals surface area contributed by atoms with Crippen LogP contribution in [0.5, 0.6) is 0 Å². The second-order valence-electron chi connectivity index (χ2n) is 6.03. The molecule has 1 aromatic carbocycles. The summed E-state index contributed by atoms with van der Waals surface area (Å²) in [4.78, 5) is 16.0. The van der Waals surface area contributed by atoms with Crippen LogP contribution in [0.1, 0.15) is 43.7 Å². The Morgan fingerprint density at radius 2 is 1.67 bits per heavy atom. The van der Waals surface area contributed by atoms with Gasteiger partial charge < -0.3 is 9.79 Å². The summed E-state index contributed by atoms with van der Waals surface area (Å²) in [7, 11) is -9.63. The van der Waals surface area contributed by atoms with Gasteiger partial charge in [0, 0.05) is 0 Å². The summed E-state index contributed by atoms with van der Waals surface area (Å²) in [6, 6.07) is 8.29. The fourth-order valence-electron chi connectivity index (χ4n) is 2.33. The van der Waals surface area contributed by atoms with E-state index in [9.17, 15) is 13.0 Å². The van der Waals surface area contributed by atoms with Gasteiger partial charge in [0.1, 0.15) is 0 Å². The molecule has 0 radical (unpaired) electrons. The zero-order chi connectivity index (χ0) is 18.4. The predicted octanol–water partition coefficient (Wildman–Crippen LogP) is 1.49. The molecule has 0 fully saturated rings. The first kappa shape index (κ1) is 35.5. The van der Waals surface area contributed by atoms with Crippen molar-refractivity contribution in [3.05, 3.63) is 47.0 Å². The van der Waals surface area contributed by atoms with E-state index in [0.717, 1.165) is 18.4 Å². The number of allylic oxidation sites excluding steroid dienone is 2. The molecule has 142 valence electrons. The summed E-state index contributed by atoms with van der Waals surface area (Å²) in [6.07, 6.45) is 4.21. The van der Waals surface area contributed by atoms with E-state index >= 15 is 0 Å². The van der Waals surface area contributed by atoms with Gasteiger partial charge in [-0.2, -0.15) is 8.42 Å². The topological polar surface area (TPSA) is 112 Å². The number of unbranched alkanes of at least 4 members (excludes halogenated alkanes) is 1. The summed E-state index contributed by atoms with van der Waals surface area (Å²) < 4.78 is 42.1. The fraction of sp³-hybridized carbons (Fsp3) is 0.500. The maximum absolute atomic E-state index is 11.1. The molecular formula is C16H28K3O6PS. The third-order valence-electron chi connectivity index (χ3n) is 3.80. The molecule has 0 bridgehead atoms. The van der Waals surface area contributed by atoms with E-state index < -0.39 is 22.7 Å². The molecule has 1 unspecified atom stereocenters. The van der Waals surface area contributed by atoms with Gasteiger partial charge in [0.2, 0.25) is 0 Å². The fourth-order valence-corrected chi connectivity index (χ4v) is 4.70. The van der Waals surface area contributed by atoms with Crippen LogP contribution >= 0.6 is 7.60 Å². The van der Waals surface area contributed by atoms with E-state index in [1.165, 1.54) is 11.1 Å². The molecule has 0 spiro atoms. The van der Waals surface area contributed by atoms with Gasteiger partial charge in [0.25, 0.3) is 10.1 Å². The Bertz CT molecular complexity index is 716. The van der Waals surface area contributed by atoms with E-state index in [1.54, 1.807) is 0 Å². The molecule has 3 N–H and O–H groups in total. The molecule has 0 aliphatic rings. The first-order valence-corrected chi connectivity index (χ1v) is 10.9. The summed E-state index contributed by atoms with van der Waals surface area (Å²) in [5.41, 5.74) is 3.58. The average Bonchev–Trinajstić information content (AvgIpc) is 2.43. The van der Waals surface area contributed by atoms with Gasteiger partial charge >= 0.3 is 162 Å². The van der Waals surface area contributed by atoms with Crippen molar-refractivity contribution in [1.82, 2.24) is 0 Å². The summed E-state index contributed by atoms with van der Waals surface area (Å²) in [6.45, 7) is 4.00. The first-order valence-electron chi connectivity index (χ1n) is 7.73. The average molecular weight is 497 g/mol. The normalized spacial score (nSPS) is 13.0. The van der Waals surface area contributed by atoms with E-state index in [4.69, 9.17) is 14.3 Å². The molecule has 0 aromatic heterocycles. The standard InChI is InChI=1S/C16H25O6PS.3K.3H/c1-13(7-10-15-11-8-14(2)9-12-15)5-3-4-6-16(23(17,18)19)24(20,21)22;;;;;;/h5,8-9,11-12,16H,3-4,6-7,10H2,1-2H3,(H2,17,18,19)(H,20,21,22);;;;;;/b13-5+;;;;;;. The van der Waals surface area contributed by atoms with Crippen LogP contribution in [0.2, 0.25) is 0 Å². The van der Waals surface area contributed by atoms with E-state index in [-0.39, 0.29) is 167 Å². The van der Waals surface area contributed by atoms with Crippen LogP contribution in [0, 0.1) is 6.92 Å². The molecule has 0 saturated carbocycles. The molecule has 0 aliphatic heterocycles. The van der Waals surface area contributed by atoms with E-state index in [0.29, 0.717) is 6.42 Å². The number of hydrogen-bond donors (Lipinski definition) is 3. The molecule has 6 nitrogen and oxygen atoms in total. The van der Waals surface area contributed by atoms with Crippen molar-refractivity contribution in [3.8, 4) is 0 Å². The maximum atomic E-state index is 11.1. The molecule has 0 amide bonds. The van der Waals surface area contributed by atoms with Crippen molar-refractivity contribution in [2.75, 3.05) is 0 Å². The Labute approximate surface area is 290 Å². The minimum absolute atomic E-state index is 0. The van der Waals surface area contributed by atoms with Crippen LogP contribution in [0.15, 0.2) is 35.9 Å². The monoisotopic (exact) mass is 496 g/mol. The van der Waals surface area contributed by atoms with Crippen LogP contribution in [-0.2, 0) is 21.1 Å². The molecule has 1 rings (SSSR count). The van der Waals surface area contributed by atoms with Crippen LogP contribution in [0.25, 0.3) is 0 Å². The van der Waals surface area contributed by atoms with Crippen molar-refractivity contribution >= 4 is 172 Å². The summed E-state index contributed by atoms with van der Waals surface area (Å²) in [5.74, 6) is 0. The third-order valence-corrected chi connectivity index (χ3v) is 7.35. The van der Waals surface area contributed by atoms with Crippen molar-refractivity contribution < 1.29 is 27.3 Å². The zero-order valence-electron chi connectivity index (χ0n) is 13.9. The molecule has 27 heavy (non-hydrogen) atoms. The first-order chi connectivity index (χ1) is 11.0. The van der Waals surface area contributed by atoms with Crippen molar-refractivity contribution in [1.29, 1.82) is 0 Å². The van der Waals surface area contributed by atoms with Crippen molar-refractivity contribution in [2.24, 2.45) is 0 Å². The van der Waals surface area contributed by atoms with Crippen LogP contribution in [0.3, 0.4) is 0 Å². The Hall–Kier alpha value is 3.93. The molecule has 1 aromatic rings. The quantitative estimate of drug-likeness (QED) is 0.157. The molecule has 11 heteroatoms. The minimum atomic E-state index is -4.88. The Morgan fingerprint density at radius 1 is 1.15 bits per heavy atom. The molecule has 1 atom stereocenters. The number of benzene rings is 1.